The van der Waals surface area contributed by atoms with Gasteiger partial charge in [-0.05, 0) is 17.7 Å². The van der Waals surface area contributed by atoms with E-state index in [4.69, 9.17) is 9.84 Å². The molecule has 1 aromatic rings. The molecule has 17 heavy (non-hydrogen) atoms. The lowest BCUT2D eigenvalue weighted by Crippen LogP contribution is -2.41. The quantitative estimate of drug-likeness (QED) is 0.863. The Hall–Kier alpha value is -1.46. The highest BCUT2D eigenvalue weighted by molar-refractivity contribution is 5.69. The summed E-state index contributed by atoms with van der Waals surface area (Å²) >= 11 is 0. The van der Waals surface area contributed by atoms with Gasteiger partial charge in [-0.2, -0.15) is 0 Å². The summed E-state index contributed by atoms with van der Waals surface area (Å²) < 4.78 is 18.6. The third-order valence-corrected chi connectivity index (χ3v) is 2.73. The van der Waals surface area contributed by atoms with E-state index in [1.54, 1.807) is 17.0 Å². The summed E-state index contributed by atoms with van der Waals surface area (Å²) in [7, 11) is 0. The molecule has 0 saturated carbocycles. The van der Waals surface area contributed by atoms with Gasteiger partial charge >= 0.3 is 5.97 Å². The smallest absolute Gasteiger partial charge is 0.317 e. The molecule has 4 nitrogen and oxygen atoms in total. The minimum Gasteiger partial charge on any atom is -0.480 e. The number of carboxylic acids is 1. The zero-order valence-corrected chi connectivity index (χ0v) is 9.30. The van der Waals surface area contributed by atoms with E-state index < -0.39 is 5.97 Å². The molecule has 1 saturated heterocycles. The molecule has 92 valence electrons. The predicted molar refractivity (Wildman–Crippen MR) is 59.2 cm³/mol. The maximum Gasteiger partial charge on any atom is 0.317 e. The van der Waals surface area contributed by atoms with Crippen LogP contribution in [0.2, 0.25) is 0 Å². The van der Waals surface area contributed by atoms with Crippen molar-refractivity contribution in [3.63, 3.8) is 0 Å². The molecular formula is C12H14FNO3. The molecule has 0 spiro atoms. The molecule has 1 fully saturated rings. The summed E-state index contributed by atoms with van der Waals surface area (Å²) in [5.74, 6) is -1.16. The van der Waals surface area contributed by atoms with E-state index in [9.17, 15) is 9.18 Å². The summed E-state index contributed by atoms with van der Waals surface area (Å²) in [6.45, 7) is 1.54. The molecular weight excluding hydrogens is 225 g/mol. The van der Waals surface area contributed by atoms with Crippen LogP contribution in [0.4, 0.5) is 4.39 Å². The van der Waals surface area contributed by atoms with Crippen LogP contribution in [-0.4, -0.2) is 42.2 Å². The molecule has 1 aromatic carbocycles. The topological polar surface area (TPSA) is 49.8 Å². The lowest BCUT2D eigenvalue weighted by molar-refractivity contribution is -0.140. The molecule has 0 radical (unpaired) electrons. The monoisotopic (exact) mass is 239 g/mol. The van der Waals surface area contributed by atoms with E-state index in [2.05, 4.69) is 0 Å². The van der Waals surface area contributed by atoms with Gasteiger partial charge in [0.1, 0.15) is 5.82 Å². The first kappa shape index (κ1) is 12.0. The Morgan fingerprint density at radius 3 is 3.12 bits per heavy atom. The van der Waals surface area contributed by atoms with Crippen LogP contribution in [0.1, 0.15) is 11.7 Å². The number of halogens is 1. The highest BCUT2D eigenvalue weighted by Crippen LogP contribution is 2.22. The fourth-order valence-corrected chi connectivity index (χ4v) is 1.95. The van der Waals surface area contributed by atoms with Crippen molar-refractivity contribution in [3.8, 4) is 0 Å². The minimum absolute atomic E-state index is 0.00479. The summed E-state index contributed by atoms with van der Waals surface area (Å²) in [4.78, 5) is 12.4. The lowest BCUT2D eigenvalue weighted by atomic mass is 10.1. The van der Waals surface area contributed by atoms with Crippen molar-refractivity contribution in [1.29, 1.82) is 0 Å². The molecule has 1 atom stereocenters. The van der Waals surface area contributed by atoms with E-state index in [0.29, 0.717) is 19.7 Å². The second-order valence-electron chi connectivity index (χ2n) is 4.04. The third kappa shape index (κ3) is 3.25. The molecule has 2 rings (SSSR count). The van der Waals surface area contributed by atoms with E-state index >= 15 is 0 Å². The minimum atomic E-state index is -0.857. The van der Waals surface area contributed by atoms with Gasteiger partial charge in [0.15, 0.2) is 0 Å². The highest BCUT2D eigenvalue weighted by atomic mass is 19.1. The Kier molecular flexibility index (Phi) is 3.71. The molecule has 0 unspecified atom stereocenters. The van der Waals surface area contributed by atoms with E-state index in [0.717, 1.165) is 5.56 Å². The van der Waals surface area contributed by atoms with Crippen LogP contribution in [0.25, 0.3) is 0 Å². The second-order valence-corrected chi connectivity index (χ2v) is 4.04. The van der Waals surface area contributed by atoms with Gasteiger partial charge < -0.3 is 9.84 Å². The Bertz CT molecular complexity index is 410. The summed E-state index contributed by atoms with van der Waals surface area (Å²) in [5, 5.41) is 8.72. The Labute approximate surface area is 98.6 Å². The number of rotatable bonds is 3. The van der Waals surface area contributed by atoms with E-state index in [1.165, 1.54) is 12.1 Å². The molecule has 1 aliphatic heterocycles. The first-order valence-electron chi connectivity index (χ1n) is 5.46. The zero-order chi connectivity index (χ0) is 12.3. The number of carbonyl (C=O) groups is 1. The Morgan fingerprint density at radius 2 is 2.41 bits per heavy atom. The van der Waals surface area contributed by atoms with Gasteiger partial charge in [0.25, 0.3) is 0 Å². The molecule has 0 aromatic heterocycles. The average Bonchev–Trinajstić information content (AvgIpc) is 2.28. The molecule has 1 N–H and O–H groups in total. The zero-order valence-electron chi connectivity index (χ0n) is 9.30. The first-order chi connectivity index (χ1) is 8.15. The van der Waals surface area contributed by atoms with Crippen molar-refractivity contribution < 1.29 is 19.0 Å². The van der Waals surface area contributed by atoms with E-state index in [1.807, 2.05) is 0 Å². The van der Waals surface area contributed by atoms with Crippen LogP contribution in [0.15, 0.2) is 24.3 Å². The number of benzene rings is 1. The Morgan fingerprint density at radius 1 is 1.59 bits per heavy atom. The molecule has 5 heteroatoms. The predicted octanol–water partition coefficient (Wildman–Crippen LogP) is 1.28. The average molecular weight is 239 g/mol. The molecule has 0 aliphatic carbocycles. The third-order valence-electron chi connectivity index (χ3n) is 2.73. The second kappa shape index (κ2) is 5.25. The van der Waals surface area contributed by atoms with Crippen molar-refractivity contribution in [2.45, 2.75) is 6.10 Å². The molecule has 0 bridgehead atoms. The van der Waals surface area contributed by atoms with Crippen molar-refractivity contribution in [3.05, 3.63) is 35.6 Å². The number of ether oxygens (including phenoxy) is 1. The van der Waals surface area contributed by atoms with Crippen LogP contribution in [0, 0.1) is 5.82 Å². The summed E-state index contributed by atoms with van der Waals surface area (Å²) in [5.41, 5.74) is 0.750. The van der Waals surface area contributed by atoms with E-state index in [-0.39, 0.29) is 18.5 Å². The Balaban J connectivity index is 2.04. The fourth-order valence-electron chi connectivity index (χ4n) is 1.95. The first-order valence-corrected chi connectivity index (χ1v) is 5.46. The van der Waals surface area contributed by atoms with Crippen LogP contribution in [-0.2, 0) is 9.53 Å². The van der Waals surface area contributed by atoms with Gasteiger partial charge in [-0.3, -0.25) is 9.69 Å². The lowest BCUT2D eigenvalue weighted by Gasteiger charge is -2.32. The van der Waals surface area contributed by atoms with Gasteiger partial charge in [-0.1, -0.05) is 12.1 Å². The SMILES string of the molecule is O=C(O)CN1CCO[C@H](c2cccc(F)c2)C1. The van der Waals surface area contributed by atoms with Crippen molar-refractivity contribution in [2.75, 3.05) is 26.2 Å². The largest absolute Gasteiger partial charge is 0.480 e. The van der Waals surface area contributed by atoms with Gasteiger partial charge in [-0.25, -0.2) is 4.39 Å². The maximum atomic E-state index is 13.1. The number of morpholine rings is 1. The standard InChI is InChI=1S/C12H14FNO3/c13-10-3-1-2-9(6-10)11-7-14(4-5-17-11)8-12(15)16/h1-3,6,11H,4-5,7-8H2,(H,15,16)/t11-/m0/s1. The maximum absolute atomic E-state index is 13.1. The van der Waals surface area contributed by atoms with Crippen molar-refractivity contribution in [2.24, 2.45) is 0 Å². The van der Waals surface area contributed by atoms with Gasteiger partial charge in [0, 0.05) is 13.1 Å². The van der Waals surface area contributed by atoms with Crippen LogP contribution in [0.5, 0.6) is 0 Å². The van der Waals surface area contributed by atoms with Crippen molar-refractivity contribution >= 4 is 5.97 Å². The van der Waals surface area contributed by atoms with Gasteiger partial charge in [-0.15, -0.1) is 0 Å². The highest BCUT2D eigenvalue weighted by Gasteiger charge is 2.23. The van der Waals surface area contributed by atoms with Gasteiger partial charge in [0.2, 0.25) is 0 Å². The summed E-state index contributed by atoms with van der Waals surface area (Å²) in [6.07, 6.45) is -0.251. The van der Waals surface area contributed by atoms with Crippen LogP contribution >= 0.6 is 0 Å². The molecule has 1 heterocycles. The number of aliphatic carboxylic acids is 1. The van der Waals surface area contributed by atoms with Crippen LogP contribution in [0.3, 0.4) is 0 Å². The molecule has 1 aliphatic rings. The summed E-state index contributed by atoms with van der Waals surface area (Å²) in [6, 6.07) is 6.22. The number of hydrogen-bond donors (Lipinski definition) is 1. The van der Waals surface area contributed by atoms with Crippen molar-refractivity contribution in [1.82, 2.24) is 4.90 Å². The number of carboxylic acid groups (broad SMARTS) is 1. The van der Waals surface area contributed by atoms with Gasteiger partial charge in [0.05, 0.1) is 19.3 Å². The number of hydrogen-bond acceptors (Lipinski definition) is 3. The normalized spacial score (nSPS) is 21.4. The number of nitrogens with zero attached hydrogens (tertiary/aromatic N) is 1. The van der Waals surface area contributed by atoms with Crippen LogP contribution < -0.4 is 0 Å². The fraction of sp³-hybridized carbons (Fsp3) is 0.417. The molecule has 0 amide bonds.